The van der Waals surface area contributed by atoms with Crippen molar-refractivity contribution in [1.29, 1.82) is 5.41 Å². The summed E-state index contributed by atoms with van der Waals surface area (Å²) >= 11 is 7.31. The molecule has 2 aliphatic heterocycles. The summed E-state index contributed by atoms with van der Waals surface area (Å²) in [5.74, 6) is 0.317. The summed E-state index contributed by atoms with van der Waals surface area (Å²) in [6.45, 7) is 3.01. The Balaban J connectivity index is 1.28. The summed E-state index contributed by atoms with van der Waals surface area (Å²) in [7, 11) is 0. The number of aliphatic imine (C=N–C) groups is 1. The van der Waals surface area contributed by atoms with Crippen molar-refractivity contribution in [1.82, 2.24) is 14.6 Å². The Hall–Kier alpha value is -4.21. The van der Waals surface area contributed by atoms with Crippen LogP contribution in [0.2, 0.25) is 5.02 Å². The molecule has 0 unspecified atom stereocenters. The number of amidine groups is 2. The number of pyridine rings is 1. The maximum absolute atomic E-state index is 13.0. The predicted molar refractivity (Wildman–Crippen MR) is 152 cm³/mol. The van der Waals surface area contributed by atoms with E-state index in [4.69, 9.17) is 21.7 Å². The first kappa shape index (κ1) is 24.1. The largest absolute Gasteiger partial charge is 0.491 e. The van der Waals surface area contributed by atoms with E-state index in [-0.39, 0.29) is 11.4 Å². The molecule has 0 aliphatic carbocycles. The Labute approximate surface area is 227 Å². The third-order valence-corrected chi connectivity index (χ3v) is 7.40. The number of hydrogen-bond acceptors (Lipinski definition) is 6. The van der Waals surface area contributed by atoms with Crippen LogP contribution in [0.15, 0.2) is 88.9 Å². The number of rotatable bonds is 6. The lowest BCUT2D eigenvalue weighted by molar-refractivity contribution is -0.114. The van der Waals surface area contributed by atoms with Crippen molar-refractivity contribution in [2.24, 2.45) is 10.1 Å². The van der Waals surface area contributed by atoms with Crippen LogP contribution in [-0.2, 0) is 11.3 Å². The summed E-state index contributed by atoms with van der Waals surface area (Å²) in [5.41, 5.74) is 3.78. The molecular weight excluding hydrogens is 520 g/mol. The van der Waals surface area contributed by atoms with Crippen LogP contribution < -0.4 is 4.74 Å². The van der Waals surface area contributed by atoms with Crippen molar-refractivity contribution in [3.63, 3.8) is 0 Å². The van der Waals surface area contributed by atoms with E-state index in [1.54, 1.807) is 18.5 Å². The highest BCUT2D eigenvalue weighted by Gasteiger charge is 2.36. The highest BCUT2D eigenvalue weighted by molar-refractivity contribution is 8.27. The normalized spacial score (nSPS) is 16.2. The van der Waals surface area contributed by atoms with Gasteiger partial charge >= 0.3 is 0 Å². The number of aryl methyl sites for hydroxylation is 1. The predicted octanol–water partition coefficient (Wildman–Crippen LogP) is 5.74. The number of nitrogens with one attached hydrogen (secondary N) is 1. The zero-order valence-corrected chi connectivity index (χ0v) is 21.8. The molecule has 2 aliphatic rings. The van der Waals surface area contributed by atoms with Crippen molar-refractivity contribution in [3.05, 3.63) is 100 Å². The molecule has 4 aromatic rings. The maximum atomic E-state index is 13.0. The quantitative estimate of drug-likeness (QED) is 0.314. The second-order valence-electron chi connectivity index (χ2n) is 8.72. The lowest BCUT2D eigenvalue weighted by Gasteiger charge is -2.20. The molecule has 1 amide bonds. The average molecular weight is 541 g/mol. The lowest BCUT2D eigenvalue weighted by Crippen LogP contribution is -2.35. The molecule has 38 heavy (non-hydrogen) atoms. The van der Waals surface area contributed by atoms with E-state index in [2.05, 4.69) is 19.6 Å². The van der Waals surface area contributed by atoms with E-state index >= 15 is 0 Å². The number of hydrazone groups is 1. The topological polar surface area (TPSA) is 95.9 Å². The Morgan fingerprint density at radius 2 is 2.03 bits per heavy atom. The number of carbonyl (C=O) groups excluding carboxylic acids is 1. The molecule has 6 rings (SSSR count). The van der Waals surface area contributed by atoms with Crippen LogP contribution in [0.4, 0.5) is 0 Å². The summed E-state index contributed by atoms with van der Waals surface area (Å²) in [5, 5.41) is 17.3. The van der Waals surface area contributed by atoms with Crippen molar-refractivity contribution in [2.75, 3.05) is 6.61 Å². The standard InChI is InChI=1S/C28H21ClN6O2S/c1-17-13-20(29)8-9-24(17)37-12-11-34-16-19(21-6-2-3-7-23(21)34)14-22-25(30)35-28(32-26(22)36)38-27(33-35)18-5-4-10-31-15-18/h2-10,13-16,30H,11-12H2,1H3. The molecule has 0 bridgehead atoms. The number of fused-ring (bicyclic) bond motifs is 2. The van der Waals surface area contributed by atoms with Gasteiger partial charge in [0.2, 0.25) is 5.17 Å². The van der Waals surface area contributed by atoms with Gasteiger partial charge in [0.1, 0.15) is 17.4 Å². The van der Waals surface area contributed by atoms with Gasteiger partial charge in [-0.1, -0.05) is 29.8 Å². The number of carbonyl (C=O) groups is 1. The minimum atomic E-state index is -0.463. The summed E-state index contributed by atoms with van der Waals surface area (Å²) in [6, 6.07) is 17.2. The Morgan fingerprint density at radius 1 is 1.16 bits per heavy atom. The van der Waals surface area contributed by atoms with Crippen molar-refractivity contribution in [2.45, 2.75) is 13.5 Å². The molecule has 4 heterocycles. The summed E-state index contributed by atoms with van der Waals surface area (Å²) in [6.07, 6.45) is 7.07. The average Bonchev–Trinajstić information content (AvgIpc) is 3.50. The number of amides is 1. The van der Waals surface area contributed by atoms with Crippen molar-refractivity contribution in [3.8, 4) is 5.75 Å². The minimum absolute atomic E-state index is 0.00947. The SMILES string of the molecule is Cc1cc(Cl)ccc1OCCn1cc(C=C2C(=N)N3N=C(c4cccnc4)SC3=NC2=O)c2ccccc21. The van der Waals surface area contributed by atoms with Crippen LogP contribution >= 0.6 is 23.4 Å². The van der Waals surface area contributed by atoms with Gasteiger partial charge < -0.3 is 9.30 Å². The van der Waals surface area contributed by atoms with Crippen molar-refractivity contribution >= 4 is 62.3 Å². The minimum Gasteiger partial charge on any atom is -0.491 e. The highest BCUT2D eigenvalue weighted by Crippen LogP contribution is 2.32. The van der Waals surface area contributed by atoms with Gasteiger partial charge in [-0.3, -0.25) is 15.2 Å². The summed E-state index contributed by atoms with van der Waals surface area (Å²) < 4.78 is 8.09. The third-order valence-electron chi connectivity index (χ3n) is 6.21. The maximum Gasteiger partial charge on any atom is 0.283 e. The van der Waals surface area contributed by atoms with Gasteiger partial charge in [0.05, 0.1) is 12.1 Å². The zero-order chi connectivity index (χ0) is 26.2. The van der Waals surface area contributed by atoms with Crippen LogP contribution in [0, 0.1) is 12.3 Å². The molecule has 8 nitrogen and oxygen atoms in total. The molecule has 2 aromatic heterocycles. The van der Waals surface area contributed by atoms with E-state index in [9.17, 15) is 4.79 Å². The molecule has 0 atom stereocenters. The molecule has 1 N–H and O–H groups in total. The van der Waals surface area contributed by atoms with Gasteiger partial charge in [-0.2, -0.15) is 15.1 Å². The number of ether oxygens (including phenoxy) is 1. The fourth-order valence-corrected chi connectivity index (χ4v) is 5.47. The Morgan fingerprint density at radius 3 is 2.84 bits per heavy atom. The molecule has 0 fully saturated rings. The molecule has 188 valence electrons. The number of thioether (sulfide) groups is 1. The van der Waals surface area contributed by atoms with Gasteiger partial charge in [-0.15, -0.1) is 0 Å². The van der Waals surface area contributed by atoms with Crippen LogP contribution in [0.5, 0.6) is 5.75 Å². The van der Waals surface area contributed by atoms with Crippen LogP contribution in [0.3, 0.4) is 0 Å². The van der Waals surface area contributed by atoms with E-state index in [0.717, 1.165) is 33.3 Å². The number of hydrogen-bond donors (Lipinski definition) is 1. The van der Waals surface area contributed by atoms with Gasteiger partial charge in [-0.25, -0.2) is 0 Å². The van der Waals surface area contributed by atoms with Gasteiger partial charge in [-0.05, 0) is 66.7 Å². The van der Waals surface area contributed by atoms with Crippen molar-refractivity contribution < 1.29 is 9.53 Å². The number of halogens is 1. The second-order valence-corrected chi connectivity index (χ2v) is 10.1. The van der Waals surface area contributed by atoms with E-state index in [0.29, 0.717) is 28.4 Å². The zero-order valence-electron chi connectivity index (χ0n) is 20.3. The fourth-order valence-electron chi connectivity index (χ4n) is 4.36. The molecule has 0 spiro atoms. The number of nitrogens with zero attached hydrogens (tertiary/aromatic N) is 5. The molecule has 10 heteroatoms. The van der Waals surface area contributed by atoms with Gasteiger partial charge in [0, 0.05) is 45.6 Å². The monoisotopic (exact) mass is 540 g/mol. The van der Waals surface area contributed by atoms with Crippen LogP contribution in [0.1, 0.15) is 16.7 Å². The van der Waals surface area contributed by atoms with E-state index in [1.807, 2.05) is 67.7 Å². The second kappa shape index (κ2) is 9.92. The first-order valence-corrected chi connectivity index (χ1v) is 13.0. The lowest BCUT2D eigenvalue weighted by atomic mass is 10.1. The first-order chi connectivity index (χ1) is 18.5. The van der Waals surface area contributed by atoms with E-state index < -0.39 is 5.91 Å². The molecular formula is C28H21ClN6O2S. The Kier molecular flexibility index (Phi) is 6.30. The van der Waals surface area contributed by atoms with Gasteiger partial charge in [0.25, 0.3) is 5.91 Å². The van der Waals surface area contributed by atoms with Gasteiger partial charge in [0.15, 0.2) is 5.84 Å². The summed E-state index contributed by atoms with van der Waals surface area (Å²) in [4.78, 5) is 21.3. The molecule has 0 radical (unpaired) electrons. The highest BCUT2D eigenvalue weighted by atomic mass is 35.5. The number of para-hydroxylation sites is 1. The number of aromatic nitrogens is 2. The third kappa shape index (κ3) is 4.51. The van der Waals surface area contributed by atoms with Crippen LogP contribution in [0.25, 0.3) is 17.0 Å². The van der Waals surface area contributed by atoms with Crippen LogP contribution in [-0.4, -0.2) is 43.1 Å². The molecule has 0 saturated carbocycles. The fraction of sp³-hybridized carbons (Fsp3) is 0.107. The number of benzene rings is 2. The Bertz CT molecular complexity index is 1690. The smallest absolute Gasteiger partial charge is 0.283 e. The molecule has 0 saturated heterocycles. The molecule has 2 aromatic carbocycles. The van der Waals surface area contributed by atoms with E-state index in [1.165, 1.54) is 16.8 Å². The first-order valence-electron chi connectivity index (χ1n) is 11.9.